The van der Waals surface area contributed by atoms with Crippen LogP contribution in [0.5, 0.6) is 0 Å². The second kappa shape index (κ2) is 6.04. The molecule has 0 saturated carbocycles. The lowest BCUT2D eigenvalue weighted by Gasteiger charge is -2.13. The van der Waals surface area contributed by atoms with Crippen LogP contribution < -0.4 is 0 Å². The molecule has 2 rings (SSSR count). The lowest BCUT2D eigenvalue weighted by Crippen LogP contribution is -2.03. The Kier molecular flexibility index (Phi) is 4.61. The smallest absolute Gasteiger partial charge is 0.137 e. The van der Waals surface area contributed by atoms with Crippen LogP contribution in [-0.4, -0.2) is 5.11 Å². The third kappa shape index (κ3) is 3.56. The van der Waals surface area contributed by atoms with Crippen LogP contribution in [0.25, 0.3) is 0 Å². The lowest BCUT2D eigenvalue weighted by molar-refractivity contribution is 0.178. The van der Waals surface area contributed by atoms with E-state index in [9.17, 15) is 9.50 Å². The van der Waals surface area contributed by atoms with Gasteiger partial charge in [0.05, 0.1) is 10.6 Å². The maximum Gasteiger partial charge on any atom is 0.137 e. The van der Waals surface area contributed by atoms with Crippen molar-refractivity contribution in [1.29, 1.82) is 0 Å². The van der Waals surface area contributed by atoms with Crippen molar-refractivity contribution in [2.45, 2.75) is 19.4 Å². The second-order valence-electron chi connectivity index (χ2n) is 4.49. The van der Waals surface area contributed by atoms with Crippen LogP contribution in [0, 0.1) is 12.7 Å². The normalized spacial score (nSPS) is 12.5. The van der Waals surface area contributed by atoms with Gasteiger partial charge in [0.15, 0.2) is 0 Å². The van der Waals surface area contributed by atoms with Gasteiger partial charge in [0.25, 0.3) is 0 Å². The first kappa shape index (κ1) is 14.5. The van der Waals surface area contributed by atoms with E-state index in [2.05, 4.69) is 15.9 Å². The molecule has 0 aromatic heterocycles. The van der Waals surface area contributed by atoms with Gasteiger partial charge in [0.2, 0.25) is 0 Å². The van der Waals surface area contributed by atoms with E-state index in [1.807, 2.05) is 25.1 Å². The third-order valence-electron chi connectivity index (χ3n) is 2.95. The van der Waals surface area contributed by atoms with Gasteiger partial charge in [-0.05, 0) is 57.7 Å². The topological polar surface area (TPSA) is 20.2 Å². The maximum absolute atomic E-state index is 13.1. The van der Waals surface area contributed by atoms with Crippen molar-refractivity contribution < 1.29 is 9.50 Å². The number of benzene rings is 2. The van der Waals surface area contributed by atoms with Crippen molar-refractivity contribution in [3.05, 3.63) is 68.4 Å². The van der Waals surface area contributed by atoms with Crippen LogP contribution in [0.1, 0.15) is 22.8 Å². The molecule has 0 amide bonds. The highest BCUT2D eigenvalue weighted by Crippen LogP contribution is 2.27. The van der Waals surface area contributed by atoms with Crippen LogP contribution in [-0.2, 0) is 6.42 Å². The van der Waals surface area contributed by atoms with Gasteiger partial charge in [-0.2, -0.15) is 0 Å². The number of aliphatic hydroxyl groups excluding tert-OH is 1. The van der Waals surface area contributed by atoms with E-state index in [1.165, 1.54) is 6.07 Å². The fraction of sp³-hybridized carbons (Fsp3) is 0.200. The van der Waals surface area contributed by atoms with Gasteiger partial charge in [-0.25, -0.2) is 4.39 Å². The molecule has 0 heterocycles. The first-order chi connectivity index (χ1) is 8.97. The Morgan fingerprint density at radius 2 is 2.00 bits per heavy atom. The van der Waals surface area contributed by atoms with Gasteiger partial charge < -0.3 is 5.11 Å². The number of hydrogen-bond donors (Lipinski definition) is 1. The van der Waals surface area contributed by atoms with Crippen LogP contribution in [0.15, 0.2) is 40.9 Å². The molecule has 19 heavy (non-hydrogen) atoms. The highest BCUT2D eigenvalue weighted by molar-refractivity contribution is 9.10. The molecule has 1 atom stereocenters. The van der Waals surface area contributed by atoms with Crippen molar-refractivity contribution in [3.8, 4) is 0 Å². The molecule has 2 aromatic carbocycles. The molecule has 100 valence electrons. The van der Waals surface area contributed by atoms with E-state index in [1.54, 1.807) is 12.1 Å². The molecular weight excluding hydrogens is 331 g/mol. The minimum atomic E-state index is -0.711. The minimum Gasteiger partial charge on any atom is -0.388 e. The van der Waals surface area contributed by atoms with Crippen LogP contribution >= 0.6 is 27.5 Å². The highest BCUT2D eigenvalue weighted by atomic mass is 79.9. The number of rotatable bonds is 3. The number of hydrogen-bond acceptors (Lipinski definition) is 1. The lowest BCUT2D eigenvalue weighted by atomic mass is 10.0. The molecule has 0 aliphatic heterocycles. The van der Waals surface area contributed by atoms with Gasteiger partial charge in [0, 0.05) is 11.4 Å². The molecule has 1 unspecified atom stereocenters. The van der Waals surface area contributed by atoms with E-state index in [0.29, 0.717) is 21.5 Å². The number of halogens is 3. The fourth-order valence-electron chi connectivity index (χ4n) is 1.86. The molecule has 0 spiro atoms. The SMILES string of the molecule is Cc1ccc(CC(O)c2ccc(F)c(Br)c2)c(Cl)c1. The minimum absolute atomic E-state index is 0.343. The molecule has 0 radical (unpaired) electrons. The first-order valence-electron chi connectivity index (χ1n) is 5.85. The summed E-state index contributed by atoms with van der Waals surface area (Å²) in [5.41, 5.74) is 2.61. The summed E-state index contributed by atoms with van der Waals surface area (Å²) < 4.78 is 13.5. The summed E-state index contributed by atoms with van der Waals surface area (Å²) in [4.78, 5) is 0. The summed E-state index contributed by atoms with van der Waals surface area (Å²) in [6, 6.07) is 10.2. The summed E-state index contributed by atoms with van der Waals surface area (Å²) in [6.45, 7) is 1.96. The number of aryl methyl sites for hydroxylation is 1. The fourth-order valence-corrected chi connectivity index (χ4v) is 2.57. The van der Waals surface area contributed by atoms with Crippen LogP contribution in [0.3, 0.4) is 0 Å². The van der Waals surface area contributed by atoms with Gasteiger partial charge in [-0.3, -0.25) is 0 Å². The zero-order chi connectivity index (χ0) is 14.0. The van der Waals surface area contributed by atoms with E-state index < -0.39 is 6.10 Å². The van der Waals surface area contributed by atoms with Crippen molar-refractivity contribution in [2.24, 2.45) is 0 Å². The zero-order valence-electron chi connectivity index (χ0n) is 10.3. The molecular formula is C15H13BrClFO. The predicted molar refractivity (Wildman–Crippen MR) is 79.0 cm³/mol. The van der Waals surface area contributed by atoms with Gasteiger partial charge in [-0.1, -0.05) is 29.8 Å². The summed E-state index contributed by atoms with van der Waals surface area (Å²) >= 11 is 9.25. The van der Waals surface area contributed by atoms with Crippen LogP contribution in [0.4, 0.5) is 4.39 Å². The zero-order valence-corrected chi connectivity index (χ0v) is 12.7. The molecule has 0 fully saturated rings. The van der Waals surface area contributed by atoms with E-state index in [0.717, 1.165) is 11.1 Å². The van der Waals surface area contributed by atoms with E-state index in [4.69, 9.17) is 11.6 Å². The summed E-state index contributed by atoms with van der Waals surface area (Å²) in [5.74, 6) is -0.343. The quantitative estimate of drug-likeness (QED) is 0.846. The molecule has 0 aliphatic rings. The molecule has 1 nitrogen and oxygen atoms in total. The molecule has 1 N–H and O–H groups in total. The Morgan fingerprint density at radius 1 is 1.26 bits per heavy atom. The summed E-state index contributed by atoms with van der Waals surface area (Å²) in [6.07, 6.45) is -0.311. The van der Waals surface area contributed by atoms with Crippen molar-refractivity contribution in [1.82, 2.24) is 0 Å². The molecule has 0 aliphatic carbocycles. The Bertz CT molecular complexity index is 601. The van der Waals surface area contributed by atoms with Crippen LogP contribution in [0.2, 0.25) is 5.02 Å². The van der Waals surface area contributed by atoms with Gasteiger partial charge in [-0.15, -0.1) is 0 Å². The van der Waals surface area contributed by atoms with E-state index >= 15 is 0 Å². The van der Waals surface area contributed by atoms with Gasteiger partial charge in [0.1, 0.15) is 5.82 Å². The largest absolute Gasteiger partial charge is 0.388 e. The monoisotopic (exact) mass is 342 g/mol. The van der Waals surface area contributed by atoms with Gasteiger partial charge >= 0.3 is 0 Å². The number of aliphatic hydroxyl groups is 1. The third-order valence-corrected chi connectivity index (χ3v) is 3.91. The molecule has 0 bridgehead atoms. The first-order valence-corrected chi connectivity index (χ1v) is 7.02. The summed E-state index contributed by atoms with van der Waals surface area (Å²) in [7, 11) is 0. The Hall–Kier alpha value is -0.900. The Morgan fingerprint density at radius 3 is 2.63 bits per heavy atom. The molecule has 0 saturated heterocycles. The van der Waals surface area contributed by atoms with Crippen molar-refractivity contribution in [2.75, 3.05) is 0 Å². The Labute approximate surface area is 125 Å². The van der Waals surface area contributed by atoms with E-state index in [-0.39, 0.29) is 5.82 Å². The summed E-state index contributed by atoms with van der Waals surface area (Å²) in [5, 5.41) is 10.8. The molecule has 4 heteroatoms. The molecule has 2 aromatic rings. The average molecular weight is 344 g/mol. The maximum atomic E-state index is 13.1. The average Bonchev–Trinajstić information content (AvgIpc) is 2.36. The standard InChI is InChI=1S/C15H13BrClFO/c1-9-2-3-10(13(17)6-9)8-15(19)11-4-5-14(18)12(16)7-11/h2-7,15,19H,8H2,1H3. The van der Waals surface area contributed by atoms with Crippen molar-refractivity contribution in [3.63, 3.8) is 0 Å². The van der Waals surface area contributed by atoms with Crippen molar-refractivity contribution >= 4 is 27.5 Å². The Balaban J connectivity index is 2.20. The predicted octanol–water partition coefficient (Wildman–Crippen LogP) is 4.83. The second-order valence-corrected chi connectivity index (χ2v) is 5.75. The highest BCUT2D eigenvalue weighted by Gasteiger charge is 2.12.